The Labute approximate surface area is 277 Å². The first-order valence-electron chi connectivity index (χ1n) is 15.9. The van der Waals surface area contributed by atoms with Crippen LogP contribution >= 0.6 is 22.7 Å². The summed E-state index contributed by atoms with van der Waals surface area (Å²) in [6.45, 7) is 0. The number of hydrogen-bond donors (Lipinski definition) is 0. The van der Waals surface area contributed by atoms with Crippen LogP contribution in [0, 0.1) is 0 Å². The van der Waals surface area contributed by atoms with Crippen LogP contribution < -0.4 is 0 Å². The molecule has 4 heterocycles. The number of imidazole rings is 1. The van der Waals surface area contributed by atoms with Gasteiger partial charge in [0, 0.05) is 35.6 Å². The molecule has 0 saturated heterocycles. The molecule has 11 rings (SSSR count). The van der Waals surface area contributed by atoms with Gasteiger partial charge in [-0.1, -0.05) is 97.1 Å². The Balaban J connectivity index is 1.16. The molecule has 0 aliphatic carbocycles. The average molecular weight is 633 g/mol. The van der Waals surface area contributed by atoms with Gasteiger partial charge in [0.05, 0.1) is 21.4 Å². The number of pyridine rings is 1. The van der Waals surface area contributed by atoms with E-state index in [1.165, 1.54) is 78.6 Å². The molecule has 7 aromatic carbocycles. The van der Waals surface area contributed by atoms with Crippen molar-refractivity contribution in [3.63, 3.8) is 0 Å². The maximum Gasteiger partial charge on any atom is 0.156 e. The molecule has 2 nitrogen and oxygen atoms in total. The normalized spacial score (nSPS) is 12.3. The Bertz CT molecular complexity index is 3070. The first-order valence-corrected chi connectivity index (χ1v) is 17.5. The highest BCUT2D eigenvalue weighted by atomic mass is 32.1. The molecular formula is C43H24N2S2. The number of nitrogens with zero attached hydrogens (tertiary/aromatic N) is 2. The van der Waals surface area contributed by atoms with Crippen LogP contribution in [-0.4, -0.2) is 9.38 Å². The van der Waals surface area contributed by atoms with Crippen molar-refractivity contribution >= 4 is 101 Å². The molecule has 218 valence electrons. The largest absolute Gasteiger partial charge is 0.291 e. The van der Waals surface area contributed by atoms with Gasteiger partial charge >= 0.3 is 0 Å². The summed E-state index contributed by atoms with van der Waals surface area (Å²) in [5.74, 6) is 0. The zero-order valence-corrected chi connectivity index (χ0v) is 26.7. The molecule has 47 heavy (non-hydrogen) atoms. The minimum absolute atomic E-state index is 1.02. The van der Waals surface area contributed by atoms with Crippen LogP contribution in [0.5, 0.6) is 0 Å². The fourth-order valence-corrected chi connectivity index (χ4v) is 9.70. The Morgan fingerprint density at radius 3 is 1.89 bits per heavy atom. The number of thiophene rings is 2. The molecule has 0 atom stereocenters. The highest BCUT2D eigenvalue weighted by molar-refractivity contribution is 7.26. The van der Waals surface area contributed by atoms with Gasteiger partial charge in [-0.05, 0) is 86.8 Å². The van der Waals surface area contributed by atoms with Gasteiger partial charge in [0.15, 0.2) is 5.65 Å². The first-order chi connectivity index (χ1) is 23.2. The van der Waals surface area contributed by atoms with E-state index >= 15 is 0 Å². The van der Waals surface area contributed by atoms with Crippen molar-refractivity contribution < 1.29 is 0 Å². The molecular weight excluding hydrogens is 609 g/mol. The van der Waals surface area contributed by atoms with Crippen LogP contribution in [-0.2, 0) is 0 Å². The molecule has 4 aromatic heterocycles. The zero-order chi connectivity index (χ0) is 30.6. The van der Waals surface area contributed by atoms with E-state index in [9.17, 15) is 0 Å². The lowest BCUT2D eigenvalue weighted by Crippen LogP contribution is -1.93. The number of fused-ring (bicyclic) bond motifs is 12. The summed E-state index contributed by atoms with van der Waals surface area (Å²) >= 11 is 3.71. The van der Waals surface area contributed by atoms with E-state index in [4.69, 9.17) is 4.98 Å². The van der Waals surface area contributed by atoms with E-state index in [1.807, 2.05) is 22.7 Å². The third-order valence-corrected chi connectivity index (χ3v) is 12.0. The van der Waals surface area contributed by atoms with Gasteiger partial charge in [-0.2, -0.15) is 0 Å². The SMILES string of the molecule is c1ccc2cc3c(cc2c1)nc1c2sc4cc5ccccc5cc4c2cc(-c2ccc(-c4ccc5sc6ccccc6c5c4)cc2)n31. The monoisotopic (exact) mass is 632 g/mol. The summed E-state index contributed by atoms with van der Waals surface area (Å²) in [6, 6.07) is 53.6. The standard InChI is InChI=1S/C43H24N2S2/c1-4-10-30-23-41-34(19-27(30)7-1)35-24-37(45-38-22-29-9-3-2-8-28(29)21-36(38)44-43(45)42(35)47-41)26-15-13-25(14-16-26)31-17-18-40-33(20-31)32-11-5-6-12-39(32)46-40/h1-24H. The van der Waals surface area contributed by atoms with Gasteiger partial charge in [-0.3, -0.25) is 4.40 Å². The predicted molar refractivity (Wildman–Crippen MR) is 204 cm³/mol. The number of aromatic nitrogens is 2. The minimum atomic E-state index is 1.02. The van der Waals surface area contributed by atoms with Gasteiger partial charge in [0.2, 0.25) is 0 Å². The topological polar surface area (TPSA) is 17.3 Å². The fourth-order valence-electron chi connectivity index (χ4n) is 7.42. The zero-order valence-electron chi connectivity index (χ0n) is 25.1. The molecule has 4 heteroatoms. The Kier molecular flexibility index (Phi) is 5.17. The second-order valence-corrected chi connectivity index (χ2v) is 14.6. The molecule has 0 amide bonds. The highest BCUT2D eigenvalue weighted by Gasteiger charge is 2.19. The van der Waals surface area contributed by atoms with Crippen molar-refractivity contribution in [1.29, 1.82) is 0 Å². The average Bonchev–Trinajstić information content (AvgIpc) is 3.80. The highest BCUT2D eigenvalue weighted by Crippen LogP contribution is 2.43. The maximum atomic E-state index is 5.33. The summed E-state index contributed by atoms with van der Waals surface area (Å²) in [6.07, 6.45) is 0. The van der Waals surface area contributed by atoms with E-state index in [-0.39, 0.29) is 0 Å². The van der Waals surface area contributed by atoms with Crippen molar-refractivity contribution in [2.24, 2.45) is 0 Å². The molecule has 0 saturated carbocycles. The Morgan fingerprint density at radius 1 is 0.426 bits per heavy atom. The van der Waals surface area contributed by atoms with E-state index in [0.29, 0.717) is 0 Å². The van der Waals surface area contributed by atoms with Crippen molar-refractivity contribution in [3.05, 3.63) is 146 Å². The van der Waals surface area contributed by atoms with E-state index < -0.39 is 0 Å². The molecule has 0 aliphatic heterocycles. The second kappa shape index (κ2) is 9.49. The van der Waals surface area contributed by atoms with Gasteiger partial charge in [0.25, 0.3) is 0 Å². The lowest BCUT2D eigenvalue weighted by Gasteiger charge is -2.10. The number of benzene rings is 7. The maximum absolute atomic E-state index is 5.33. The van der Waals surface area contributed by atoms with Crippen LogP contribution in [0.15, 0.2) is 146 Å². The van der Waals surface area contributed by atoms with Crippen LogP contribution in [0.2, 0.25) is 0 Å². The van der Waals surface area contributed by atoms with Crippen molar-refractivity contribution in [3.8, 4) is 22.4 Å². The summed E-state index contributed by atoms with van der Waals surface area (Å²) in [7, 11) is 0. The fraction of sp³-hybridized carbons (Fsp3) is 0. The van der Waals surface area contributed by atoms with Crippen molar-refractivity contribution in [2.75, 3.05) is 0 Å². The lowest BCUT2D eigenvalue weighted by atomic mass is 10.00. The summed E-state index contributed by atoms with van der Waals surface area (Å²) in [5, 5.41) is 10.2. The van der Waals surface area contributed by atoms with Gasteiger partial charge in [-0.15, -0.1) is 22.7 Å². The Hall–Kier alpha value is -5.55. The van der Waals surface area contributed by atoms with Crippen LogP contribution in [0.1, 0.15) is 0 Å². The molecule has 11 aromatic rings. The third kappa shape index (κ3) is 3.74. The predicted octanol–water partition coefficient (Wildman–Crippen LogP) is 12.9. The lowest BCUT2D eigenvalue weighted by molar-refractivity contribution is 1.25. The first kappa shape index (κ1) is 25.6. The van der Waals surface area contributed by atoms with Crippen LogP contribution in [0.4, 0.5) is 0 Å². The van der Waals surface area contributed by atoms with Crippen LogP contribution in [0.3, 0.4) is 0 Å². The van der Waals surface area contributed by atoms with Gasteiger partial charge < -0.3 is 0 Å². The summed E-state index contributed by atoms with van der Waals surface area (Å²) in [5.41, 5.74) is 7.97. The van der Waals surface area contributed by atoms with E-state index in [0.717, 1.165) is 22.4 Å². The minimum Gasteiger partial charge on any atom is -0.291 e. The van der Waals surface area contributed by atoms with Gasteiger partial charge in [-0.25, -0.2) is 4.98 Å². The summed E-state index contributed by atoms with van der Waals surface area (Å²) in [4.78, 5) is 5.33. The molecule has 0 unspecified atom stereocenters. The molecule has 0 spiro atoms. The number of hydrogen-bond acceptors (Lipinski definition) is 3. The molecule has 0 aliphatic rings. The molecule has 0 N–H and O–H groups in total. The van der Waals surface area contributed by atoms with Crippen molar-refractivity contribution in [2.45, 2.75) is 0 Å². The van der Waals surface area contributed by atoms with Crippen LogP contribution in [0.25, 0.3) is 101 Å². The second-order valence-electron chi connectivity index (χ2n) is 12.4. The molecule has 0 bridgehead atoms. The summed E-state index contributed by atoms with van der Waals surface area (Å²) < 4.78 is 7.58. The molecule has 0 fully saturated rings. The van der Waals surface area contributed by atoms with E-state index in [1.54, 1.807) is 0 Å². The Morgan fingerprint density at radius 2 is 1.06 bits per heavy atom. The number of rotatable bonds is 2. The van der Waals surface area contributed by atoms with Crippen molar-refractivity contribution in [1.82, 2.24) is 9.38 Å². The third-order valence-electron chi connectivity index (χ3n) is 9.73. The van der Waals surface area contributed by atoms with Gasteiger partial charge in [0.1, 0.15) is 0 Å². The van der Waals surface area contributed by atoms with E-state index in [2.05, 4.69) is 150 Å². The molecule has 0 radical (unpaired) electrons. The smallest absolute Gasteiger partial charge is 0.156 e. The quantitative estimate of drug-likeness (QED) is 0.185.